The average Bonchev–Trinajstić information content (AvgIpc) is 2.39. The molecule has 0 aromatic heterocycles. The predicted molar refractivity (Wildman–Crippen MR) is 72.7 cm³/mol. The number of rotatable bonds is 6. The second-order valence-electron chi connectivity index (χ2n) is 5.10. The normalized spacial score (nSPS) is 24.6. The minimum Gasteiger partial charge on any atom is -0.383 e. The van der Waals surface area contributed by atoms with Crippen LogP contribution in [0.15, 0.2) is 0 Å². The van der Waals surface area contributed by atoms with E-state index < -0.39 is 6.04 Å². The van der Waals surface area contributed by atoms with E-state index in [0.29, 0.717) is 25.7 Å². The van der Waals surface area contributed by atoms with E-state index in [2.05, 4.69) is 22.9 Å². The lowest BCUT2D eigenvalue weighted by Crippen LogP contribution is -2.50. The van der Waals surface area contributed by atoms with E-state index in [-0.39, 0.29) is 17.7 Å². The standard InChI is InChI=1S/C13H25N3O3/c1-9-4-5-11(8-15-9)13(18)16-10(2)12(17)14-6-7-19-3/h9-11,15H,4-8H2,1-3H3,(H,14,17)(H,16,18). The van der Waals surface area contributed by atoms with Crippen molar-refractivity contribution in [3.63, 3.8) is 0 Å². The predicted octanol–water partition coefficient (Wildman–Crippen LogP) is -0.358. The first kappa shape index (κ1) is 15.9. The fraction of sp³-hybridized carbons (Fsp3) is 0.846. The van der Waals surface area contributed by atoms with Crippen molar-refractivity contribution in [2.75, 3.05) is 26.8 Å². The second kappa shape index (κ2) is 8.12. The SMILES string of the molecule is COCCNC(=O)C(C)NC(=O)C1CCC(C)NC1. The molecule has 1 rings (SSSR count). The summed E-state index contributed by atoms with van der Waals surface area (Å²) in [5, 5.41) is 8.74. The Morgan fingerprint density at radius 1 is 1.42 bits per heavy atom. The fourth-order valence-corrected chi connectivity index (χ4v) is 2.05. The Morgan fingerprint density at radius 3 is 2.74 bits per heavy atom. The summed E-state index contributed by atoms with van der Waals surface area (Å²) in [5.74, 6) is -0.262. The molecule has 1 saturated heterocycles. The lowest BCUT2D eigenvalue weighted by Gasteiger charge is -2.27. The van der Waals surface area contributed by atoms with Gasteiger partial charge in [-0.15, -0.1) is 0 Å². The number of nitrogens with one attached hydrogen (secondary N) is 3. The van der Waals surface area contributed by atoms with Gasteiger partial charge in [0.05, 0.1) is 12.5 Å². The van der Waals surface area contributed by atoms with Crippen LogP contribution in [0.2, 0.25) is 0 Å². The van der Waals surface area contributed by atoms with Crippen molar-refractivity contribution in [2.45, 2.75) is 38.8 Å². The summed E-state index contributed by atoms with van der Waals surface area (Å²) < 4.78 is 4.85. The highest BCUT2D eigenvalue weighted by Crippen LogP contribution is 2.14. The molecular weight excluding hydrogens is 246 g/mol. The van der Waals surface area contributed by atoms with Gasteiger partial charge in [0.2, 0.25) is 11.8 Å². The molecule has 3 N–H and O–H groups in total. The molecule has 19 heavy (non-hydrogen) atoms. The van der Waals surface area contributed by atoms with E-state index in [1.165, 1.54) is 0 Å². The second-order valence-corrected chi connectivity index (χ2v) is 5.10. The Labute approximate surface area is 114 Å². The van der Waals surface area contributed by atoms with Gasteiger partial charge in [-0.2, -0.15) is 0 Å². The zero-order chi connectivity index (χ0) is 14.3. The van der Waals surface area contributed by atoms with Crippen LogP contribution < -0.4 is 16.0 Å². The quantitative estimate of drug-likeness (QED) is 0.577. The number of amides is 2. The van der Waals surface area contributed by atoms with Gasteiger partial charge in [-0.1, -0.05) is 0 Å². The summed E-state index contributed by atoms with van der Waals surface area (Å²) in [5.41, 5.74) is 0. The number of hydrogen-bond donors (Lipinski definition) is 3. The number of hydrogen-bond acceptors (Lipinski definition) is 4. The van der Waals surface area contributed by atoms with Crippen LogP contribution in [0.5, 0.6) is 0 Å². The molecule has 1 heterocycles. The van der Waals surface area contributed by atoms with Gasteiger partial charge in [0.1, 0.15) is 6.04 Å². The van der Waals surface area contributed by atoms with Crippen molar-refractivity contribution >= 4 is 11.8 Å². The van der Waals surface area contributed by atoms with Crippen LogP contribution in [0.3, 0.4) is 0 Å². The van der Waals surface area contributed by atoms with Crippen LogP contribution in [-0.2, 0) is 14.3 Å². The number of piperidine rings is 1. The van der Waals surface area contributed by atoms with Crippen LogP contribution in [0, 0.1) is 5.92 Å². The molecule has 6 nitrogen and oxygen atoms in total. The van der Waals surface area contributed by atoms with E-state index >= 15 is 0 Å². The molecule has 3 atom stereocenters. The van der Waals surface area contributed by atoms with Crippen molar-refractivity contribution < 1.29 is 14.3 Å². The van der Waals surface area contributed by atoms with Gasteiger partial charge >= 0.3 is 0 Å². The van der Waals surface area contributed by atoms with Crippen molar-refractivity contribution in [1.82, 2.24) is 16.0 Å². The minimum absolute atomic E-state index is 0.0366. The highest BCUT2D eigenvalue weighted by atomic mass is 16.5. The Balaban J connectivity index is 2.28. The summed E-state index contributed by atoms with van der Waals surface area (Å²) in [6.45, 7) is 5.42. The molecule has 2 amide bonds. The highest BCUT2D eigenvalue weighted by Gasteiger charge is 2.26. The maximum absolute atomic E-state index is 12.0. The molecule has 3 unspecified atom stereocenters. The van der Waals surface area contributed by atoms with E-state index in [1.807, 2.05) is 0 Å². The smallest absolute Gasteiger partial charge is 0.242 e. The summed E-state index contributed by atoms with van der Waals surface area (Å²) >= 11 is 0. The molecule has 1 aliphatic heterocycles. The van der Waals surface area contributed by atoms with Gasteiger partial charge in [-0.05, 0) is 26.7 Å². The zero-order valence-corrected chi connectivity index (χ0v) is 12.0. The lowest BCUT2D eigenvalue weighted by molar-refractivity contribution is -0.131. The van der Waals surface area contributed by atoms with Crippen molar-refractivity contribution in [2.24, 2.45) is 5.92 Å². The van der Waals surface area contributed by atoms with Crippen molar-refractivity contribution in [3.05, 3.63) is 0 Å². The molecule has 1 aliphatic rings. The Bertz CT molecular complexity index is 302. The molecule has 6 heteroatoms. The monoisotopic (exact) mass is 271 g/mol. The van der Waals surface area contributed by atoms with Crippen LogP contribution in [0.1, 0.15) is 26.7 Å². The summed E-state index contributed by atoms with van der Waals surface area (Å²) in [7, 11) is 1.58. The van der Waals surface area contributed by atoms with E-state index in [1.54, 1.807) is 14.0 Å². The van der Waals surface area contributed by atoms with Crippen molar-refractivity contribution in [3.8, 4) is 0 Å². The van der Waals surface area contributed by atoms with Gasteiger partial charge in [0.25, 0.3) is 0 Å². The molecule has 0 saturated carbocycles. The van der Waals surface area contributed by atoms with Crippen LogP contribution in [0.4, 0.5) is 0 Å². The van der Waals surface area contributed by atoms with Crippen molar-refractivity contribution in [1.29, 1.82) is 0 Å². The third-order valence-electron chi connectivity index (χ3n) is 3.39. The van der Waals surface area contributed by atoms with Gasteiger partial charge in [-0.3, -0.25) is 9.59 Å². The third-order valence-corrected chi connectivity index (χ3v) is 3.39. The van der Waals surface area contributed by atoms with Crippen LogP contribution >= 0.6 is 0 Å². The average molecular weight is 271 g/mol. The van der Waals surface area contributed by atoms with Gasteiger partial charge in [0.15, 0.2) is 0 Å². The highest BCUT2D eigenvalue weighted by molar-refractivity contribution is 5.88. The minimum atomic E-state index is -0.510. The largest absolute Gasteiger partial charge is 0.383 e. The number of carbonyl (C=O) groups excluding carboxylic acids is 2. The first-order valence-corrected chi connectivity index (χ1v) is 6.85. The van der Waals surface area contributed by atoms with Crippen LogP contribution in [0.25, 0.3) is 0 Å². The van der Waals surface area contributed by atoms with E-state index in [0.717, 1.165) is 12.8 Å². The molecule has 1 fully saturated rings. The first-order chi connectivity index (χ1) is 9.04. The van der Waals surface area contributed by atoms with Gasteiger partial charge in [0, 0.05) is 26.2 Å². The molecule has 0 bridgehead atoms. The molecule has 0 spiro atoms. The Kier molecular flexibility index (Phi) is 6.80. The fourth-order valence-electron chi connectivity index (χ4n) is 2.05. The molecule has 0 aliphatic carbocycles. The number of methoxy groups -OCH3 is 1. The summed E-state index contributed by atoms with van der Waals surface area (Å²) in [6, 6.07) is -0.0393. The van der Waals surface area contributed by atoms with Crippen LogP contribution in [-0.4, -0.2) is 50.7 Å². The number of carbonyl (C=O) groups is 2. The number of ether oxygens (including phenoxy) is 1. The lowest BCUT2D eigenvalue weighted by atomic mass is 9.94. The van der Waals surface area contributed by atoms with E-state index in [4.69, 9.17) is 4.74 Å². The molecule has 110 valence electrons. The van der Waals surface area contributed by atoms with E-state index in [9.17, 15) is 9.59 Å². The Morgan fingerprint density at radius 2 is 2.16 bits per heavy atom. The first-order valence-electron chi connectivity index (χ1n) is 6.85. The molecular formula is C13H25N3O3. The van der Waals surface area contributed by atoms with Gasteiger partial charge in [-0.25, -0.2) is 0 Å². The molecule has 0 radical (unpaired) electrons. The Hall–Kier alpha value is -1.14. The molecule has 0 aromatic rings. The zero-order valence-electron chi connectivity index (χ0n) is 12.0. The maximum Gasteiger partial charge on any atom is 0.242 e. The summed E-state index contributed by atoms with van der Waals surface area (Å²) in [4.78, 5) is 23.7. The summed E-state index contributed by atoms with van der Waals surface area (Å²) in [6.07, 6.45) is 1.87. The third kappa shape index (κ3) is 5.57. The van der Waals surface area contributed by atoms with Gasteiger partial charge < -0.3 is 20.7 Å². The maximum atomic E-state index is 12.0. The molecule has 0 aromatic carbocycles. The topological polar surface area (TPSA) is 79.5 Å².